The Balaban J connectivity index is 2.43. The van der Waals surface area contributed by atoms with Gasteiger partial charge in [0.05, 0.1) is 0 Å². The van der Waals surface area contributed by atoms with E-state index in [1.165, 1.54) is 19.3 Å². The highest BCUT2D eigenvalue weighted by Crippen LogP contribution is 2.32. The number of rotatable bonds is 3. The van der Waals surface area contributed by atoms with Gasteiger partial charge in [0.25, 0.3) is 0 Å². The molecule has 1 nitrogen and oxygen atoms in total. The summed E-state index contributed by atoms with van der Waals surface area (Å²) in [6.07, 6.45) is 4.08. The molecule has 10 heavy (non-hydrogen) atoms. The van der Waals surface area contributed by atoms with Gasteiger partial charge in [-0.1, -0.05) is 6.92 Å². The molecular formula is C9H19N. The minimum Gasteiger partial charge on any atom is -0.298 e. The van der Waals surface area contributed by atoms with E-state index in [0.29, 0.717) is 5.54 Å². The SMILES string of the molecule is CCC(C)(C)N(C)C1CC1. The second-order valence-corrected chi connectivity index (χ2v) is 4.01. The molecule has 0 atom stereocenters. The van der Waals surface area contributed by atoms with E-state index in [0.717, 1.165) is 6.04 Å². The average Bonchev–Trinajstić information content (AvgIpc) is 2.68. The van der Waals surface area contributed by atoms with Crippen molar-refractivity contribution in [1.29, 1.82) is 0 Å². The van der Waals surface area contributed by atoms with Crippen molar-refractivity contribution in [2.24, 2.45) is 0 Å². The Hall–Kier alpha value is -0.0400. The van der Waals surface area contributed by atoms with Gasteiger partial charge in [-0.3, -0.25) is 4.90 Å². The minimum atomic E-state index is 0.418. The molecule has 1 aliphatic rings. The Labute approximate surface area is 64.4 Å². The van der Waals surface area contributed by atoms with E-state index in [-0.39, 0.29) is 0 Å². The van der Waals surface area contributed by atoms with Crippen LogP contribution in [0.25, 0.3) is 0 Å². The van der Waals surface area contributed by atoms with E-state index in [2.05, 4.69) is 32.7 Å². The third-order valence-corrected chi connectivity index (χ3v) is 2.91. The van der Waals surface area contributed by atoms with E-state index in [1.54, 1.807) is 0 Å². The highest BCUT2D eigenvalue weighted by Gasteiger charge is 2.34. The summed E-state index contributed by atoms with van der Waals surface area (Å²) in [5, 5.41) is 0. The summed E-state index contributed by atoms with van der Waals surface area (Å²) in [5.74, 6) is 0. The van der Waals surface area contributed by atoms with Crippen LogP contribution >= 0.6 is 0 Å². The molecule has 1 heteroatoms. The van der Waals surface area contributed by atoms with Crippen molar-refractivity contribution < 1.29 is 0 Å². The lowest BCUT2D eigenvalue weighted by Crippen LogP contribution is -2.41. The van der Waals surface area contributed by atoms with Crippen LogP contribution in [-0.2, 0) is 0 Å². The molecule has 0 aromatic rings. The zero-order valence-electron chi connectivity index (χ0n) is 7.65. The van der Waals surface area contributed by atoms with Crippen LogP contribution in [0.1, 0.15) is 40.0 Å². The van der Waals surface area contributed by atoms with Crippen LogP contribution in [0, 0.1) is 0 Å². The first kappa shape index (κ1) is 8.06. The van der Waals surface area contributed by atoms with Crippen LogP contribution in [0.2, 0.25) is 0 Å². The summed E-state index contributed by atoms with van der Waals surface area (Å²) in [4.78, 5) is 2.52. The van der Waals surface area contributed by atoms with Crippen LogP contribution < -0.4 is 0 Å². The summed E-state index contributed by atoms with van der Waals surface area (Å²) >= 11 is 0. The summed E-state index contributed by atoms with van der Waals surface area (Å²) in [6.45, 7) is 6.91. The van der Waals surface area contributed by atoms with E-state index in [4.69, 9.17) is 0 Å². The molecule has 1 aliphatic carbocycles. The van der Waals surface area contributed by atoms with Crippen molar-refractivity contribution in [3.63, 3.8) is 0 Å². The predicted octanol–water partition coefficient (Wildman–Crippen LogP) is 2.27. The van der Waals surface area contributed by atoms with Crippen molar-refractivity contribution in [1.82, 2.24) is 4.90 Å². The van der Waals surface area contributed by atoms with Gasteiger partial charge in [-0.15, -0.1) is 0 Å². The lowest BCUT2D eigenvalue weighted by Gasteiger charge is -2.34. The molecule has 0 aromatic carbocycles. The molecule has 0 aliphatic heterocycles. The maximum absolute atomic E-state index is 2.52. The van der Waals surface area contributed by atoms with Gasteiger partial charge >= 0.3 is 0 Å². The lowest BCUT2D eigenvalue weighted by molar-refractivity contribution is 0.142. The van der Waals surface area contributed by atoms with Crippen molar-refractivity contribution in [3.05, 3.63) is 0 Å². The average molecular weight is 141 g/mol. The fraction of sp³-hybridized carbons (Fsp3) is 1.00. The molecule has 0 bridgehead atoms. The quantitative estimate of drug-likeness (QED) is 0.583. The van der Waals surface area contributed by atoms with E-state index in [1.807, 2.05) is 0 Å². The second kappa shape index (κ2) is 2.54. The van der Waals surface area contributed by atoms with Crippen molar-refractivity contribution in [3.8, 4) is 0 Å². The molecule has 60 valence electrons. The van der Waals surface area contributed by atoms with Gasteiger partial charge in [-0.25, -0.2) is 0 Å². The Morgan fingerprint density at radius 3 is 2.20 bits per heavy atom. The third kappa shape index (κ3) is 1.51. The molecule has 0 heterocycles. The third-order valence-electron chi connectivity index (χ3n) is 2.91. The topological polar surface area (TPSA) is 3.24 Å². The summed E-state index contributed by atoms with van der Waals surface area (Å²) in [6, 6.07) is 0.898. The first-order chi connectivity index (χ1) is 4.58. The molecule has 0 aromatic heterocycles. The highest BCUT2D eigenvalue weighted by atomic mass is 15.2. The molecule has 0 amide bonds. The maximum atomic E-state index is 2.52. The van der Waals surface area contributed by atoms with Crippen LogP contribution in [-0.4, -0.2) is 23.5 Å². The molecular weight excluding hydrogens is 122 g/mol. The summed E-state index contributed by atoms with van der Waals surface area (Å²) in [5.41, 5.74) is 0.418. The van der Waals surface area contributed by atoms with Crippen molar-refractivity contribution in [2.45, 2.75) is 51.6 Å². The van der Waals surface area contributed by atoms with Gasteiger partial charge in [0.1, 0.15) is 0 Å². The molecule has 1 rings (SSSR count). The molecule has 1 saturated carbocycles. The predicted molar refractivity (Wildman–Crippen MR) is 45.2 cm³/mol. The second-order valence-electron chi connectivity index (χ2n) is 4.01. The molecule has 0 radical (unpaired) electrons. The van der Waals surface area contributed by atoms with Crippen LogP contribution in [0.3, 0.4) is 0 Å². The molecule has 0 saturated heterocycles. The maximum Gasteiger partial charge on any atom is 0.0150 e. The lowest BCUT2D eigenvalue weighted by atomic mass is 10.00. The Bertz CT molecular complexity index is 114. The summed E-state index contributed by atoms with van der Waals surface area (Å²) < 4.78 is 0. The van der Waals surface area contributed by atoms with Gasteiger partial charge in [0.15, 0.2) is 0 Å². The van der Waals surface area contributed by atoms with Gasteiger partial charge in [0.2, 0.25) is 0 Å². The van der Waals surface area contributed by atoms with Crippen LogP contribution in [0.4, 0.5) is 0 Å². The van der Waals surface area contributed by atoms with E-state index in [9.17, 15) is 0 Å². The molecule has 0 N–H and O–H groups in total. The van der Waals surface area contributed by atoms with Crippen molar-refractivity contribution >= 4 is 0 Å². The first-order valence-electron chi connectivity index (χ1n) is 4.31. The minimum absolute atomic E-state index is 0.418. The zero-order chi connectivity index (χ0) is 7.78. The highest BCUT2D eigenvalue weighted by molar-refractivity contribution is 4.90. The number of hydrogen-bond acceptors (Lipinski definition) is 1. The smallest absolute Gasteiger partial charge is 0.0150 e. The molecule has 0 spiro atoms. The fourth-order valence-electron chi connectivity index (χ4n) is 1.21. The Kier molecular flexibility index (Phi) is 2.04. The number of hydrogen-bond donors (Lipinski definition) is 0. The Morgan fingerprint density at radius 2 is 1.90 bits per heavy atom. The standard InChI is InChI=1S/C9H19N/c1-5-9(2,3)10(4)8-6-7-8/h8H,5-7H2,1-4H3. The monoisotopic (exact) mass is 141 g/mol. The first-order valence-corrected chi connectivity index (χ1v) is 4.31. The molecule has 0 unspecified atom stereocenters. The van der Waals surface area contributed by atoms with E-state index < -0.39 is 0 Å². The van der Waals surface area contributed by atoms with Gasteiger partial charge in [0, 0.05) is 11.6 Å². The van der Waals surface area contributed by atoms with Gasteiger partial charge in [-0.2, -0.15) is 0 Å². The molecule has 1 fully saturated rings. The van der Waals surface area contributed by atoms with Gasteiger partial charge in [-0.05, 0) is 40.2 Å². The van der Waals surface area contributed by atoms with Crippen LogP contribution in [0.15, 0.2) is 0 Å². The number of nitrogens with zero attached hydrogens (tertiary/aromatic N) is 1. The van der Waals surface area contributed by atoms with E-state index >= 15 is 0 Å². The fourth-order valence-corrected chi connectivity index (χ4v) is 1.21. The Morgan fingerprint density at radius 1 is 1.40 bits per heavy atom. The largest absolute Gasteiger partial charge is 0.298 e. The summed E-state index contributed by atoms with van der Waals surface area (Å²) in [7, 11) is 2.25. The normalized spacial score (nSPS) is 20.1. The van der Waals surface area contributed by atoms with Gasteiger partial charge < -0.3 is 0 Å². The van der Waals surface area contributed by atoms with Crippen molar-refractivity contribution in [2.75, 3.05) is 7.05 Å². The van der Waals surface area contributed by atoms with Crippen LogP contribution in [0.5, 0.6) is 0 Å². The zero-order valence-corrected chi connectivity index (χ0v) is 7.65.